The van der Waals surface area contributed by atoms with Crippen molar-refractivity contribution in [1.29, 1.82) is 0 Å². The van der Waals surface area contributed by atoms with Crippen molar-refractivity contribution >= 4 is 39.5 Å². The van der Waals surface area contributed by atoms with Crippen LogP contribution >= 0.6 is 11.6 Å². The molecule has 0 fully saturated rings. The maximum atomic E-state index is 12.4. The van der Waals surface area contributed by atoms with E-state index in [0.29, 0.717) is 10.6 Å². The van der Waals surface area contributed by atoms with Gasteiger partial charge in [0.2, 0.25) is 0 Å². The van der Waals surface area contributed by atoms with E-state index in [1.165, 1.54) is 29.4 Å². The molecular weight excluding hydrogens is 432 g/mol. The second kappa shape index (κ2) is 6.97. The van der Waals surface area contributed by atoms with Gasteiger partial charge in [-0.2, -0.15) is 0 Å². The summed E-state index contributed by atoms with van der Waals surface area (Å²) in [6.45, 7) is 4.50. The van der Waals surface area contributed by atoms with Gasteiger partial charge >= 0.3 is 5.97 Å². The number of carbonyl (C=O) groups is 1. The van der Waals surface area contributed by atoms with Crippen LogP contribution in [0.2, 0.25) is 5.02 Å². The third kappa shape index (κ3) is 2.79. The summed E-state index contributed by atoms with van der Waals surface area (Å²) in [6, 6.07) is 24.2. The lowest BCUT2D eigenvalue weighted by atomic mass is 9.81. The maximum absolute atomic E-state index is 12.4. The average Bonchev–Trinajstić information content (AvgIpc) is 3.31. The topological polar surface area (TPSA) is 39.4 Å². The Morgan fingerprint density at radius 3 is 2.48 bits per heavy atom. The molecule has 4 aromatic carbocycles. The molecule has 0 bridgehead atoms. The van der Waals surface area contributed by atoms with Gasteiger partial charge in [-0.05, 0) is 63.7 Å². The average molecular weight is 453 g/mol. The van der Waals surface area contributed by atoms with Crippen LogP contribution in [-0.2, 0) is 10.2 Å². The Morgan fingerprint density at radius 1 is 0.879 bits per heavy atom. The van der Waals surface area contributed by atoms with Crippen LogP contribution in [0.4, 0.5) is 0 Å². The van der Waals surface area contributed by atoms with Crippen LogP contribution in [0.25, 0.3) is 44.2 Å². The fourth-order valence-corrected chi connectivity index (χ4v) is 5.43. The Hall–Kier alpha value is -3.56. The zero-order valence-corrected chi connectivity index (χ0v) is 19.3. The van der Waals surface area contributed by atoms with E-state index in [4.69, 9.17) is 20.8 Å². The van der Waals surface area contributed by atoms with Crippen molar-refractivity contribution in [3.05, 3.63) is 94.5 Å². The van der Waals surface area contributed by atoms with Gasteiger partial charge in [0.1, 0.15) is 11.2 Å². The minimum absolute atomic E-state index is 0.203. The second-order valence-electron chi connectivity index (χ2n) is 9.03. The van der Waals surface area contributed by atoms with E-state index in [9.17, 15) is 4.79 Å². The highest BCUT2D eigenvalue weighted by atomic mass is 35.5. The lowest BCUT2D eigenvalue weighted by molar-refractivity contribution is 0.0601. The summed E-state index contributed by atoms with van der Waals surface area (Å²) in [4.78, 5) is 12.4. The molecule has 0 spiro atoms. The Kier molecular flexibility index (Phi) is 4.24. The summed E-state index contributed by atoms with van der Waals surface area (Å²) >= 11 is 6.18. The fraction of sp³-hybridized carbons (Fsp3) is 0.138. The molecule has 1 heterocycles. The standard InChI is InChI=1S/C29H21ClO3/c1-29(2)22-12-13-25-27(20-6-4-5-7-24(20)33-25)26(22)19-10-8-16(14-23(19)29)18-11-9-17(30)15-21(18)28(31)32-3/h4-15H,1-3H3. The summed E-state index contributed by atoms with van der Waals surface area (Å²) in [7, 11) is 1.38. The molecule has 3 nitrogen and oxygen atoms in total. The Balaban J connectivity index is 1.62. The molecule has 0 saturated heterocycles. The number of halogens is 1. The van der Waals surface area contributed by atoms with Crippen LogP contribution in [0.3, 0.4) is 0 Å². The van der Waals surface area contributed by atoms with E-state index in [0.717, 1.165) is 33.1 Å². The van der Waals surface area contributed by atoms with Crippen molar-refractivity contribution in [3.63, 3.8) is 0 Å². The Labute approximate surface area is 196 Å². The number of benzene rings is 4. The molecular formula is C29H21ClO3. The van der Waals surface area contributed by atoms with Crippen molar-refractivity contribution < 1.29 is 13.9 Å². The molecule has 162 valence electrons. The van der Waals surface area contributed by atoms with E-state index >= 15 is 0 Å². The molecule has 4 heteroatoms. The number of ether oxygens (including phenoxy) is 1. The van der Waals surface area contributed by atoms with Crippen LogP contribution < -0.4 is 0 Å². The molecule has 5 aromatic rings. The van der Waals surface area contributed by atoms with Crippen molar-refractivity contribution in [2.75, 3.05) is 7.11 Å². The third-order valence-electron chi connectivity index (χ3n) is 6.88. The van der Waals surface area contributed by atoms with E-state index < -0.39 is 5.97 Å². The summed E-state index contributed by atoms with van der Waals surface area (Å²) < 4.78 is 11.2. The van der Waals surface area contributed by atoms with Gasteiger partial charge in [-0.25, -0.2) is 4.79 Å². The van der Waals surface area contributed by atoms with Crippen molar-refractivity contribution in [3.8, 4) is 22.3 Å². The van der Waals surface area contributed by atoms with E-state index in [1.54, 1.807) is 12.1 Å². The highest BCUT2D eigenvalue weighted by molar-refractivity contribution is 6.31. The number of fused-ring (bicyclic) bond motifs is 7. The maximum Gasteiger partial charge on any atom is 0.338 e. The van der Waals surface area contributed by atoms with Gasteiger partial charge in [-0.15, -0.1) is 0 Å². The first-order valence-electron chi connectivity index (χ1n) is 10.9. The molecule has 6 rings (SSSR count). The summed E-state index contributed by atoms with van der Waals surface area (Å²) in [5.41, 5.74) is 8.74. The first-order chi connectivity index (χ1) is 15.9. The number of carbonyl (C=O) groups excluding carboxylic acids is 1. The molecule has 0 unspecified atom stereocenters. The van der Waals surface area contributed by atoms with Gasteiger partial charge in [0.15, 0.2) is 0 Å². The van der Waals surface area contributed by atoms with Crippen LogP contribution in [0.1, 0.15) is 35.3 Å². The molecule has 33 heavy (non-hydrogen) atoms. The van der Waals surface area contributed by atoms with Crippen molar-refractivity contribution in [2.24, 2.45) is 0 Å². The van der Waals surface area contributed by atoms with Crippen molar-refractivity contribution in [1.82, 2.24) is 0 Å². The monoisotopic (exact) mass is 452 g/mol. The largest absolute Gasteiger partial charge is 0.465 e. The number of methoxy groups -OCH3 is 1. The number of esters is 1. The quantitative estimate of drug-likeness (QED) is 0.255. The number of para-hydroxylation sites is 1. The van der Waals surface area contributed by atoms with Crippen LogP contribution in [-0.4, -0.2) is 13.1 Å². The molecule has 1 aliphatic rings. The minimum Gasteiger partial charge on any atom is -0.465 e. The number of rotatable bonds is 2. The van der Waals surface area contributed by atoms with Crippen LogP contribution in [0.5, 0.6) is 0 Å². The highest BCUT2D eigenvalue weighted by Crippen LogP contribution is 2.53. The van der Waals surface area contributed by atoms with Crippen LogP contribution in [0, 0.1) is 0 Å². The highest BCUT2D eigenvalue weighted by Gasteiger charge is 2.37. The predicted octanol–water partition coefficient (Wildman–Crippen LogP) is 8.00. The van der Waals surface area contributed by atoms with Gasteiger partial charge in [0.25, 0.3) is 0 Å². The summed E-state index contributed by atoms with van der Waals surface area (Å²) in [5, 5.41) is 2.79. The van der Waals surface area contributed by atoms with E-state index in [-0.39, 0.29) is 5.41 Å². The molecule has 0 radical (unpaired) electrons. The minimum atomic E-state index is -0.401. The SMILES string of the molecule is COC(=O)c1cc(Cl)ccc1-c1ccc2c(c1)C(C)(C)c1ccc3oc4ccccc4c3c1-2. The zero-order chi connectivity index (χ0) is 22.9. The molecule has 1 aromatic heterocycles. The van der Waals surface area contributed by atoms with Gasteiger partial charge in [0.05, 0.1) is 12.7 Å². The van der Waals surface area contributed by atoms with E-state index in [1.807, 2.05) is 18.2 Å². The normalized spacial score (nSPS) is 13.8. The summed E-state index contributed by atoms with van der Waals surface area (Å²) in [6.07, 6.45) is 0. The molecule has 0 saturated carbocycles. The molecule has 0 N–H and O–H groups in total. The van der Waals surface area contributed by atoms with Gasteiger partial charge in [-0.3, -0.25) is 0 Å². The number of hydrogen-bond acceptors (Lipinski definition) is 3. The fourth-order valence-electron chi connectivity index (χ4n) is 5.26. The predicted molar refractivity (Wildman–Crippen MR) is 133 cm³/mol. The van der Waals surface area contributed by atoms with Gasteiger partial charge in [0, 0.05) is 21.2 Å². The second-order valence-corrected chi connectivity index (χ2v) is 9.46. The van der Waals surface area contributed by atoms with Crippen molar-refractivity contribution in [2.45, 2.75) is 19.3 Å². The van der Waals surface area contributed by atoms with Gasteiger partial charge in [-0.1, -0.05) is 67.9 Å². The zero-order valence-electron chi connectivity index (χ0n) is 18.5. The lowest BCUT2D eigenvalue weighted by Crippen LogP contribution is -2.15. The molecule has 0 aliphatic heterocycles. The Morgan fingerprint density at radius 2 is 1.67 bits per heavy atom. The van der Waals surface area contributed by atoms with Crippen LogP contribution in [0.15, 0.2) is 77.2 Å². The molecule has 0 amide bonds. The Bertz CT molecular complexity index is 1610. The van der Waals surface area contributed by atoms with E-state index in [2.05, 4.69) is 56.3 Å². The molecule has 1 aliphatic carbocycles. The first-order valence-corrected chi connectivity index (χ1v) is 11.3. The first kappa shape index (κ1) is 20.1. The lowest BCUT2D eigenvalue weighted by Gasteiger charge is -2.22. The smallest absolute Gasteiger partial charge is 0.338 e. The molecule has 0 atom stereocenters. The third-order valence-corrected chi connectivity index (χ3v) is 7.11. The summed E-state index contributed by atoms with van der Waals surface area (Å²) in [5.74, 6) is -0.401. The van der Waals surface area contributed by atoms with Gasteiger partial charge < -0.3 is 9.15 Å². The number of hydrogen-bond donors (Lipinski definition) is 0. The number of furan rings is 1.